The maximum absolute atomic E-state index is 11.1. The van der Waals surface area contributed by atoms with Gasteiger partial charge in [0.05, 0.1) is 34.4 Å². The summed E-state index contributed by atoms with van der Waals surface area (Å²) in [5.74, 6) is -0.231. The van der Waals surface area contributed by atoms with Gasteiger partial charge in [0.25, 0.3) is 0 Å². The molecule has 0 unspecified atom stereocenters. The van der Waals surface area contributed by atoms with Crippen molar-refractivity contribution in [1.82, 2.24) is 4.98 Å². The number of benzene rings is 1. The van der Waals surface area contributed by atoms with Crippen LogP contribution in [0.5, 0.6) is 0 Å². The molecule has 1 aromatic carbocycles. The maximum Gasteiger partial charge on any atom is 0.305 e. The summed E-state index contributed by atoms with van der Waals surface area (Å²) in [6, 6.07) is 5.58. The number of ether oxygens (including phenoxy) is 1. The molecule has 0 aliphatic rings. The minimum atomic E-state index is -0.231. The van der Waals surface area contributed by atoms with Crippen LogP contribution >= 0.6 is 38.9 Å². The summed E-state index contributed by atoms with van der Waals surface area (Å²) < 4.78 is 5.40. The largest absolute Gasteiger partial charge is 0.469 e. The lowest BCUT2D eigenvalue weighted by molar-refractivity contribution is -0.140. The predicted octanol–water partition coefficient (Wildman–Crippen LogP) is 4.41. The van der Waals surface area contributed by atoms with Crippen LogP contribution < -0.4 is 5.32 Å². The molecule has 0 aliphatic heterocycles. The van der Waals surface area contributed by atoms with Crippen LogP contribution in [0.3, 0.4) is 0 Å². The lowest BCUT2D eigenvalue weighted by Crippen LogP contribution is -2.02. The molecular weight excluding hydrogens is 364 g/mol. The van der Waals surface area contributed by atoms with Crippen LogP contribution in [0.2, 0.25) is 5.02 Å². The summed E-state index contributed by atoms with van der Waals surface area (Å²) in [6.07, 6.45) is 0.905. The molecule has 2 rings (SSSR count). The molecule has 7 heteroatoms. The average Bonchev–Trinajstić information content (AvgIpc) is 2.89. The Hall–Kier alpha value is -1.11. The Kier molecular flexibility index (Phi) is 5.39. The number of aromatic nitrogens is 1. The van der Waals surface area contributed by atoms with E-state index in [1.165, 1.54) is 18.4 Å². The zero-order valence-corrected chi connectivity index (χ0v) is 13.8. The molecule has 20 heavy (non-hydrogen) atoms. The van der Waals surface area contributed by atoms with E-state index in [-0.39, 0.29) is 5.97 Å². The maximum atomic E-state index is 11.1. The molecule has 2 aromatic rings. The number of anilines is 2. The number of thiazole rings is 1. The number of rotatable bonds is 5. The third-order valence-electron chi connectivity index (χ3n) is 2.56. The summed E-state index contributed by atoms with van der Waals surface area (Å²) in [5, 5.41) is 6.51. The number of hydrogen-bond acceptors (Lipinski definition) is 5. The monoisotopic (exact) mass is 374 g/mol. The van der Waals surface area contributed by atoms with Crippen molar-refractivity contribution in [3.8, 4) is 0 Å². The topological polar surface area (TPSA) is 51.2 Å². The van der Waals surface area contributed by atoms with Crippen molar-refractivity contribution in [1.29, 1.82) is 0 Å². The summed E-state index contributed by atoms with van der Waals surface area (Å²) in [5.41, 5.74) is 1.72. The zero-order chi connectivity index (χ0) is 14.5. The molecule has 0 aliphatic carbocycles. The van der Waals surface area contributed by atoms with Gasteiger partial charge < -0.3 is 10.1 Å². The van der Waals surface area contributed by atoms with Gasteiger partial charge in [-0.3, -0.25) is 4.79 Å². The first-order valence-corrected chi connectivity index (χ1v) is 7.87. The summed E-state index contributed by atoms with van der Waals surface area (Å²) in [7, 11) is 1.38. The van der Waals surface area contributed by atoms with Gasteiger partial charge >= 0.3 is 5.97 Å². The van der Waals surface area contributed by atoms with Gasteiger partial charge in [-0.1, -0.05) is 17.7 Å². The van der Waals surface area contributed by atoms with Crippen molar-refractivity contribution in [2.75, 3.05) is 12.4 Å². The van der Waals surface area contributed by atoms with Crippen LogP contribution in [0.25, 0.3) is 0 Å². The highest BCUT2D eigenvalue weighted by atomic mass is 79.9. The van der Waals surface area contributed by atoms with E-state index in [2.05, 4.69) is 31.0 Å². The van der Waals surface area contributed by atoms with E-state index in [1.807, 2.05) is 17.5 Å². The van der Waals surface area contributed by atoms with Crippen molar-refractivity contribution >= 4 is 55.7 Å². The van der Waals surface area contributed by atoms with E-state index in [4.69, 9.17) is 11.6 Å². The van der Waals surface area contributed by atoms with E-state index in [9.17, 15) is 4.79 Å². The Bertz CT molecular complexity index is 618. The number of hydrogen-bond donors (Lipinski definition) is 1. The smallest absolute Gasteiger partial charge is 0.305 e. The van der Waals surface area contributed by atoms with Gasteiger partial charge in [0, 0.05) is 11.8 Å². The number of halogens is 2. The number of nitrogens with zero attached hydrogens (tertiary/aromatic N) is 1. The van der Waals surface area contributed by atoms with Crippen LogP contribution in [0.1, 0.15) is 12.1 Å². The highest BCUT2D eigenvalue weighted by Crippen LogP contribution is 2.32. The van der Waals surface area contributed by atoms with Crippen LogP contribution in [-0.2, 0) is 16.0 Å². The van der Waals surface area contributed by atoms with Crippen LogP contribution in [0.15, 0.2) is 28.1 Å². The summed E-state index contributed by atoms with van der Waals surface area (Å²) in [4.78, 5) is 15.5. The first-order valence-electron chi connectivity index (χ1n) is 5.82. The third-order valence-corrected chi connectivity index (χ3v) is 4.76. The van der Waals surface area contributed by atoms with Crippen molar-refractivity contribution in [2.45, 2.75) is 12.8 Å². The summed E-state index contributed by atoms with van der Waals surface area (Å²) >= 11 is 10.9. The Morgan fingerprint density at radius 1 is 1.55 bits per heavy atom. The second-order valence-electron chi connectivity index (χ2n) is 3.95. The quantitative estimate of drug-likeness (QED) is 0.787. The number of aryl methyl sites for hydroxylation is 1. The summed E-state index contributed by atoms with van der Waals surface area (Å²) in [6.45, 7) is 0. The Morgan fingerprint density at radius 2 is 2.35 bits per heavy atom. The molecule has 0 saturated carbocycles. The molecular formula is C13H12BrClN2O2S. The number of carbonyl (C=O) groups is 1. The van der Waals surface area contributed by atoms with Gasteiger partial charge in [0.1, 0.15) is 0 Å². The van der Waals surface area contributed by atoms with Crippen molar-refractivity contribution < 1.29 is 9.53 Å². The number of nitrogens with one attached hydrogen (secondary N) is 1. The molecule has 1 heterocycles. The molecule has 0 spiro atoms. The number of methoxy groups -OCH3 is 1. The molecule has 0 bridgehead atoms. The van der Waals surface area contributed by atoms with Crippen molar-refractivity contribution in [2.24, 2.45) is 0 Å². The van der Waals surface area contributed by atoms with E-state index in [0.29, 0.717) is 17.9 Å². The lowest BCUT2D eigenvalue weighted by Gasteiger charge is -2.06. The van der Waals surface area contributed by atoms with E-state index < -0.39 is 0 Å². The SMILES string of the molecule is COC(=O)CCc1csc(Nc2cccc(Cl)c2Br)n1. The second kappa shape index (κ2) is 7.06. The fourth-order valence-electron chi connectivity index (χ4n) is 1.53. The molecule has 0 saturated heterocycles. The Balaban J connectivity index is 2.02. The van der Waals surface area contributed by atoms with Gasteiger partial charge in [0.2, 0.25) is 0 Å². The molecule has 0 amide bonds. The van der Waals surface area contributed by atoms with Crippen LogP contribution in [0.4, 0.5) is 10.8 Å². The Labute approximate surface area is 134 Å². The number of carbonyl (C=O) groups excluding carboxylic acids is 1. The number of esters is 1. The van der Waals surface area contributed by atoms with Crippen molar-refractivity contribution in [3.05, 3.63) is 38.8 Å². The molecule has 0 radical (unpaired) electrons. The second-order valence-corrected chi connectivity index (χ2v) is 6.00. The van der Waals surface area contributed by atoms with Crippen molar-refractivity contribution in [3.63, 3.8) is 0 Å². The van der Waals surface area contributed by atoms with Gasteiger partial charge in [-0.2, -0.15) is 0 Å². The third kappa shape index (κ3) is 3.94. The Morgan fingerprint density at radius 3 is 3.10 bits per heavy atom. The fourth-order valence-corrected chi connectivity index (χ4v) is 2.82. The molecule has 4 nitrogen and oxygen atoms in total. The molecule has 106 valence electrons. The predicted molar refractivity (Wildman–Crippen MR) is 84.9 cm³/mol. The highest BCUT2D eigenvalue weighted by Gasteiger charge is 2.08. The minimum Gasteiger partial charge on any atom is -0.469 e. The van der Waals surface area contributed by atoms with Crippen LogP contribution in [-0.4, -0.2) is 18.1 Å². The standard InChI is InChI=1S/C13H12BrClN2O2S/c1-19-11(18)6-5-8-7-20-13(16-8)17-10-4-2-3-9(15)12(10)14/h2-4,7H,5-6H2,1H3,(H,16,17). The van der Waals surface area contributed by atoms with Gasteiger partial charge in [-0.15, -0.1) is 11.3 Å². The molecule has 1 N–H and O–H groups in total. The molecule has 1 aromatic heterocycles. The molecule has 0 fully saturated rings. The van der Waals surface area contributed by atoms with Crippen LogP contribution in [0, 0.1) is 0 Å². The highest BCUT2D eigenvalue weighted by molar-refractivity contribution is 9.10. The van der Waals surface area contributed by atoms with E-state index in [1.54, 1.807) is 6.07 Å². The van der Waals surface area contributed by atoms with Gasteiger partial charge in [0.15, 0.2) is 5.13 Å². The van der Waals surface area contributed by atoms with Gasteiger partial charge in [-0.05, 0) is 28.1 Å². The zero-order valence-electron chi connectivity index (χ0n) is 10.7. The minimum absolute atomic E-state index is 0.231. The average molecular weight is 376 g/mol. The van der Waals surface area contributed by atoms with E-state index >= 15 is 0 Å². The van der Waals surface area contributed by atoms with Gasteiger partial charge in [-0.25, -0.2) is 4.98 Å². The first kappa shape index (κ1) is 15.3. The first-order chi connectivity index (χ1) is 9.60. The molecule has 0 atom stereocenters. The van der Waals surface area contributed by atoms with E-state index in [0.717, 1.165) is 21.0 Å². The fraction of sp³-hybridized carbons (Fsp3) is 0.231. The lowest BCUT2D eigenvalue weighted by atomic mass is 10.2. The normalized spacial score (nSPS) is 10.3.